The number of aliphatic hydroxyl groups excluding tert-OH is 2. The van der Waals surface area contributed by atoms with Gasteiger partial charge in [0, 0.05) is 44.0 Å². The van der Waals surface area contributed by atoms with E-state index in [2.05, 4.69) is 26.6 Å². The molecule has 2 aromatic carbocycles. The second-order valence-corrected chi connectivity index (χ2v) is 16.3. The van der Waals surface area contributed by atoms with E-state index in [1.165, 1.54) is 6.42 Å². The highest BCUT2D eigenvalue weighted by molar-refractivity contribution is 5.92. The number of ether oxygens (including phenoxy) is 1. The van der Waals surface area contributed by atoms with Crippen LogP contribution in [0.5, 0.6) is 5.75 Å². The maximum absolute atomic E-state index is 14.1. The molecule has 5 atom stereocenters. The number of fused-ring (bicyclic) bond motifs is 1. The summed E-state index contributed by atoms with van der Waals surface area (Å²) in [6.45, 7) is 9.88. The highest BCUT2D eigenvalue weighted by Gasteiger charge is 2.34. The molecule has 0 radical (unpaired) electrons. The highest BCUT2D eigenvalue weighted by atomic mass is 35.5. The molecule has 2 aliphatic rings. The monoisotopic (exact) mass is 799 g/mol. The molecule has 56 heavy (non-hydrogen) atoms. The lowest BCUT2D eigenvalue weighted by molar-refractivity contribution is -0.133. The molecule has 4 rings (SSSR count). The molecular weight excluding hydrogens is 734 g/mol. The second-order valence-electron chi connectivity index (χ2n) is 16.3. The van der Waals surface area contributed by atoms with Crippen LogP contribution in [-0.2, 0) is 32.1 Å². The summed E-state index contributed by atoms with van der Waals surface area (Å²) in [5, 5.41) is 35.5. The van der Waals surface area contributed by atoms with Gasteiger partial charge in [0.05, 0.1) is 31.8 Å². The van der Waals surface area contributed by atoms with Gasteiger partial charge in [-0.15, -0.1) is 12.4 Å². The van der Waals surface area contributed by atoms with Crippen molar-refractivity contribution < 1.29 is 34.1 Å². The van der Waals surface area contributed by atoms with Crippen LogP contribution in [0.1, 0.15) is 108 Å². The van der Waals surface area contributed by atoms with E-state index in [1.807, 2.05) is 76.2 Å². The van der Waals surface area contributed by atoms with Crippen LogP contribution in [0.15, 0.2) is 48.5 Å². The van der Waals surface area contributed by atoms with Crippen LogP contribution < -0.4 is 31.3 Å². The van der Waals surface area contributed by atoms with E-state index in [0.717, 1.165) is 48.1 Å². The number of hydrogen-bond donors (Lipinski definition) is 7. The number of carbonyl (C=O) groups excluding carboxylic acids is 4. The summed E-state index contributed by atoms with van der Waals surface area (Å²) in [6.07, 6.45) is 5.39. The van der Waals surface area contributed by atoms with Gasteiger partial charge in [0.1, 0.15) is 17.8 Å². The summed E-state index contributed by atoms with van der Waals surface area (Å²) in [6, 6.07) is 12.8. The van der Waals surface area contributed by atoms with E-state index in [0.29, 0.717) is 45.0 Å². The van der Waals surface area contributed by atoms with Crippen molar-refractivity contribution in [2.24, 2.45) is 17.8 Å². The number of benzene rings is 2. The molecule has 4 amide bonds. The first-order chi connectivity index (χ1) is 26.4. The zero-order valence-corrected chi connectivity index (χ0v) is 34.5. The number of nitrogens with one attached hydrogen (secondary N) is 5. The van der Waals surface area contributed by atoms with Crippen molar-refractivity contribution in [3.8, 4) is 5.75 Å². The van der Waals surface area contributed by atoms with Crippen LogP contribution in [-0.4, -0.2) is 84.4 Å². The van der Waals surface area contributed by atoms with Gasteiger partial charge in [-0.2, -0.15) is 0 Å². The molecule has 1 aliphatic carbocycles. The molecule has 7 N–H and O–H groups in total. The smallest absolute Gasteiger partial charge is 0.243 e. The lowest BCUT2D eigenvalue weighted by atomic mass is 9.83. The molecule has 1 fully saturated rings. The van der Waals surface area contributed by atoms with Crippen LogP contribution in [0.3, 0.4) is 0 Å². The number of halogens is 1. The topological polar surface area (TPSA) is 178 Å². The Bertz CT molecular complexity index is 1520. The minimum atomic E-state index is -1.09. The van der Waals surface area contributed by atoms with Gasteiger partial charge >= 0.3 is 0 Å². The second kappa shape index (κ2) is 24.1. The van der Waals surface area contributed by atoms with Gasteiger partial charge in [0.25, 0.3) is 0 Å². The van der Waals surface area contributed by atoms with Gasteiger partial charge < -0.3 is 41.5 Å². The van der Waals surface area contributed by atoms with Crippen molar-refractivity contribution in [2.75, 3.05) is 26.3 Å². The Morgan fingerprint density at radius 3 is 2.23 bits per heavy atom. The lowest BCUT2D eigenvalue weighted by Gasteiger charge is -2.32. The third kappa shape index (κ3) is 15.7. The number of rotatable bonds is 22. The molecule has 2 unspecified atom stereocenters. The summed E-state index contributed by atoms with van der Waals surface area (Å²) in [5.74, 6) is -0.302. The van der Waals surface area contributed by atoms with Gasteiger partial charge in [-0.05, 0) is 47.8 Å². The fourth-order valence-corrected chi connectivity index (χ4v) is 7.53. The van der Waals surface area contributed by atoms with E-state index in [1.54, 1.807) is 0 Å². The predicted octanol–water partition coefficient (Wildman–Crippen LogP) is 4.29. The fourth-order valence-electron chi connectivity index (χ4n) is 7.53. The summed E-state index contributed by atoms with van der Waals surface area (Å²) in [4.78, 5) is 54.6. The highest BCUT2D eigenvalue weighted by Crippen LogP contribution is 2.36. The van der Waals surface area contributed by atoms with Gasteiger partial charge in [-0.1, -0.05) is 102 Å². The predicted molar refractivity (Wildman–Crippen MR) is 220 cm³/mol. The minimum Gasteiger partial charge on any atom is -0.493 e. The normalized spacial score (nSPS) is 17.5. The number of carbonyl (C=O) groups is 4. The standard InChI is InChI=1S/C43H65N5O7.ClH/c1-28(2)19-36(42(53)47-35(21-30-11-7-5-8-12-30)38(50)24-40(51)45-25-29(3)4)48-43(54)37(22-31-13-9-6-10-14-31)46-41(52)23-33-27-55-39-16-15-32(20-34(33)39)26-44-17-18-49;/h6,9-10,13-16,20,28-30,33,35-38,44,49-50H,5,7-8,11-12,17-19,21-27H2,1-4H3,(H,45,51)(H,46,52)(H,47,53)(H,48,54);1H/t33?,35-,36-,37-,38?;/m0./s1. The van der Waals surface area contributed by atoms with Gasteiger partial charge in [0.15, 0.2) is 0 Å². The van der Waals surface area contributed by atoms with Crippen LogP contribution in [0.4, 0.5) is 0 Å². The summed E-state index contributed by atoms with van der Waals surface area (Å²) in [7, 11) is 0. The van der Waals surface area contributed by atoms with Crippen molar-refractivity contribution >= 4 is 36.0 Å². The quantitative estimate of drug-likeness (QED) is 0.0863. The molecule has 0 aromatic heterocycles. The number of amides is 4. The third-order valence-corrected chi connectivity index (χ3v) is 10.5. The maximum atomic E-state index is 14.1. The van der Waals surface area contributed by atoms with E-state index < -0.39 is 36.0 Å². The largest absolute Gasteiger partial charge is 0.493 e. The first-order valence-corrected chi connectivity index (χ1v) is 20.4. The van der Waals surface area contributed by atoms with Gasteiger partial charge in [-0.3, -0.25) is 19.2 Å². The molecule has 0 saturated heterocycles. The molecule has 2 aromatic rings. The number of aliphatic hydroxyl groups is 2. The molecule has 312 valence electrons. The lowest BCUT2D eigenvalue weighted by Crippen LogP contribution is -2.57. The van der Waals surface area contributed by atoms with Crippen LogP contribution in [0, 0.1) is 17.8 Å². The Kier molecular flexibility index (Phi) is 20.1. The van der Waals surface area contributed by atoms with Crippen molar-refractivity contribution in [3.05, 3.63) is 65.2 Å². The fraction of sp³-hybridized carbons (Fsp3) is 0.628. The van der Waals surface area contributed by atoms with Gasteiger partial charge in [-0.25, -0.2) is 0 Å². The molecular formula is C43H66ClN5O7. The Balaban J connectivity index is 0.00000841. The average Bonchev–Trinajstić information content (AvgIpc) is 3.55. The van der Waals surface area contributed by atoms with Crippen molar-refractivity contribution in [1.82, 2.24) is 26.6 Å². The van der Waals surface area contributed by atoms with E-state index >= 15 is 0 Å². The number of hydrogen-bond acceptors (Lipinski definition) is 8. The first-order valence-electron chi connectivity index (χ1n) is 20.4. The zero-order valence-electron chi connectivity index (χ0n) is 33.7. The Morgan fingerprint density at radius 2 is 1.55 bits per heavy atom. The van der Waals surface area contributed by atoms with Crippen LogP contribution >= 0.6 is 12.4 Å². The first kappa shape index (κ1) is 46.7. The Morgan fingerprint density at radius 1 is 0.839 bits per heavy atom. The minimum absolute atomic E-state index is 0. The Labute approximate surface area is 339 Å². The van der Waals surface area contributed by atoms with Crippen LogP contribution in [0.2, 0.25) is 0 Å². The Hall–Kier alpha value is -3.71. The molecule has 0 bridgehead atoms. The summed E-state index contributed by atoms with van der Waals surface area (Å²) in [5.41, 5.74) is 2.80. The third-order valence-electron chi connectivity index (χ3n) is 10.5. The summed E-state index contributed by atoms with van der Waals surface area (Å²) >= 11 is 0. The van der Waals surface area contributed by atoms with Crippen LogP contribution in [0.25, 0.3) is 0 Å². The van der Waals surface area contributed by atoms with Crippen molar-refractivity contribution in [1.29, 1.82) is 0 Å². The van der Waals surface area contributed by atoms with E-state index in [9.17, 15) is 24.3 Å². The van der Waals surface area contributed by atoms with Crippen molar-refractivity contribution in [2.45, 2.75) is 129 Å². The molecule has 1 saturated carbocycles. The molecule has 1 aliphatic heterocycles. The summed E-state index contributed by atoms with van der Waals surface area (Å²) < 4.78 is 5.89. The molecule has 1 heterocycles. The maximum Gasteiger partial charge on any atom is 0.243 e. The van der Waals surface area contributed by atoms with E-state index in [-0.39, 0.29) is 67.8 Å². The van der Waals surface area contributed by atoms with Gasteiger partial charge in [0.2, 0.25) is 23.6 Å². The molecule has 13 heteroatoms. The van der Waals surface area contributed by atoms with E-state index in [4.69, 9.17) is 9.84 Å². The SMILES string of the molecule is CC(C)CNC(=O)CC(O)[C@H](CC1CCCCC1)NC(=O)[C@H](CC(C)C)NC(=O)[C@H](Cc1ccccc1)NC(=O)CC1COc2ccc(CNCCO)cc21.Cl. The molecule has 12 nitrogen and oxygen atoms in total. The zero-order chi connectivity index (χ0) is 39.7. The molecule has 0 spiro atoms. The van der Waals surface area contributed by atoms with Crippen molar-refractivity contribution in [3.63, 3.8) is 0 Å². The average molecular weight is 800 g/mol.